The van der Waals surface area contributed by atoms with Crippen molar-refractivity contribution in [3.05, 3.63) is 76.3 Å². The lowest BCUT2D eigenvalue weighted by molar-refractivity contribution is 0.0693. The lowest BCUT2D eigenvalue weighted by Gasteiger charge is -2.27. The lowest BCUT2D eigenvalue weighted by Crippen LogP contribution is -2.27. The van der Waals surface area contributed by atoms with Crippen molar-refractivity contribution in [1.82, 2.24) is 0 Å². The molecular weight excluding hydrogens is 374 g/mol. The Morgan fingerprint density at radius 1 is 1.04 bits per heavy atom. The Morgan fingerprint density at radius 2 is 1.75 bits per heavy atom. The molecule has 0 saturated carbocycles. The van der Waals surface area contributed by atoms with Gasteiger partial charge in [0.2, 0.25) is 0 Å². The number of benzene rings is 2. The lowest BCUT2D eigenvalue weighted by atomic mass is 9.84. The first-order valence-electron chi connectivity index (χ1n) is 9.69. The van der Waals surface area contributed by atoms with Gasteiger partial charge in [0.25, 0.3) is 0 Å². The van der Waals surface area contributed by atoms with E-state index in [4.69, 9.17) is 26.8 Å². The number of primary amides is 1. The quantitative estimate of drug-likeness (QED) is 0.576. The number of ether oxygens (including phenoxy) is 2. The largest absolute Gasteiger partial charge is 0.442 e. The predicted molar refractivity (Wildman–Crippen MR) is 112 cm³/mol. The highest BCUT2D eigenvalue weighted by atomic mass is 35.5. The SMILES string of the molecule is NC(=O)O[C@@H](CCOCc1ccccc1)C1=C(c2ccccc2Cl)CCCC1. The Kier molecular flexibility index (Phi) is 7.52. The highest BCUT2D eigenvalue weighted by Crippen LogP contribution is 2.38. The maximum Gasteiger partial charge on any atom is 0.405 e. The van der Waals surface area contributed by atoms with Gasteiger partial charge in [-0.3, -0.25) is 0 Å². The van der Waals surface area contributed by atoms with Gasteiger partial charge in [-0.1, -0.05) is 60.1 Å². The molecule has 1 aliphatic rings. The van der Waals surface area contributed by atoms with Crippen LogP contribution in [-0.2, 0) is 16.1 Å². The number of nitrogens with two attached hydrogens (primary N) is 1. The minimum absolute atomic E-state index is 0.389. The van der Waals surface area contributed by atoms with Gasteiger partial charge in [0.1, 0.15) is 6.10 Å². The van der Waals surface area contributed by atoms with Gasteiger partial charge in [-0.2, -0.15) is 0 Å². The number of hydrogen-bond donors (Lipinski definition) is 1. The molecule has 5 heteroatoms. The van der Waals surface area contributed by atoms with Crippen LogP contribution in [-0.4, -0.2) is 18.8 Å². The van der Waals surface area contributed by atoms with Gasteiger partial charge in [-0.05, 0) is 54.0 Å². The molecule has 1 amide bonds. The van der Waals surface area contributed by atoms with E-state index in [-0.39, 0.29) is 6.10 Å². The zero-order valence-electron chi connectivity index (χ0n) is 15.9. The minimum atomic E-state index is -0.760. The molecule has 28 heavy (non-hydrogen) atoms. The number of allylic oxidation sites excluding steroid dienone is 1. The standard InChI is InChI=1S/C23H26ClNO3/c24-21-13-7-6-11-19(21)18-10-4-5-12-20(18)22(28-23(25)26)14-15-27-16-17-8-2-1-3-9-17/h1-3,6-9,11,13,22H,4-5,10,12,14-16H2,(H2,25,26)/t22-/m0/s1. The summed E-state index contributed by atoms with van der Waals surface area (Å²) in [5, 5.41) is 0.718. The number of carbonyl (C=O) groups excluding carboxylic acids is 1. The average Bonchev–Trinajstić information content (AvgIpc) is 2.71. The van der Waals surface area contributed by atoms with E-state index in [2.05, 4.69) is 0 Å². The molecule has 2 aromatic rings. The normalized spacial score (nSPS) is 15.3. The van der Waals surface area contributed by atoms with Crippen LogP contribution in [0.3, 0.4) is 0 Å². The third-order valence-corrected chi connectivity index (χ3v) is 5.32. The van der Waals surface area contributed by atoms with Crippen molar-refractivity contribution in [2.75, 3.05) is 6.61 Å². The maximum atomic E-state index is 11.5. The summed E-state index contributed by atoms with van der Waals surface area (Å²) < 4.78 is 11.3. The van der Waals surface area contributed by atoms with Crippen LogP contribution in [0.1, 0.15) is 43.2 Å². The summed E-state index contributed by atoms with van der Waals surface area (Å²) in [7, 11) is 0. The number of carbonyl (C=O) groups is 1. The zero-order valence-corrected chi connectivity index (χ0v) is 16.7. The molecular formula is C23H26ClNO3. The van der Waals surface area contributed by atoms with Crippen molar-refractivity contribution in [3.63, 3.8) is 0 Å². The zero-order chi connectivity index (χ0) is 19.8. The van der Waals surface area contributed by atoms with Crippen molar-refractivity contribution in [3.8, 4) is 0 Å². The number of amides is 1. The van der Waals surface area contributed by atoms with Crippen molar-refractivity contribution in [2.24, 2.45) is 5.73 Å². The highest BCUT2D eigenvalue weighted by molar-refractivity contribution is 6.32. The van der Waals surface area contributed by atoms with Gasteiger partial charge in [-0.15, -0.1) is 0 Å². The summed E-state index contributed by atoms with van der Waals surface area (Å²) >= 11 is 6.44. The third kappa shape index (κ3) is 5.60. The molecule has 4 nitrogen and oxygen atoms in total. The fourth-order valence-corrected chi connectivity index (χ4v) is 3.95. The summed E-state index contributed by atoms with van der Waals surface area (Å²) in [6.07, 6.45) is 3.37. The average molecular weight is 400 g/mol. The van der Waals surface area contributed by atoms with Crippen LogP contribution in [0.25, 0.3) is 5.57 Å². The predicted octanol–water partition coefficient (Wildman–Crippen LogP) is 5.74. The Hall–Kier alpha value is -2.30. The van der Waals surface area contributed by atoms with Gasteiger partial charge in [0.15, 0.2) is 0 Å². The first-order valence-corrected chi connectivity index (χ1v) is 10.1. The van der Waals surface area contributed by atoms with Crippen molar-refractivity contribution in [1.29, 1.82) is 0 Å². The molecule has 0 unspecified atom stereocenters. The van der Waals surface area contributed by atoms with Gasteiger partial charge >= 0.3 is 6.09 Å². The second kappa shape index (κ2) is 10.3. The number of halogens is 1. The number of hydrogen-bond acceptors (Lipinski definition) is 3. The van der Waals surface area contributed by atoms with Gasteiger partial charge in [-0.25, -0.2) is 4.79 Å². The number of rotatable bonds is 8. The van der Waals surface area contributed by atoms with Crippen LogP contribution >= 0.6 is 11.6 Å². The second-order valence-corrected chi connectivity index (χ2v) is 7.35. The van der Waals surface area contributed by atoms with Gasteiger partial charge in [0, 0.05) is 11.4 Å². The summed E-state index contributed by atoms with van der Waals surface area (Å²) in [5.74, 6) is 0. The maximum absolute atomic E-state index is 11.5. The highest BCUT2D eigenvalue weighted by Gasteiger charge is 2.25. The third-order valence-electron chi connectivity index (χ3n) is 4.99. The summed E-state index contributed by atoms with van der Waals surface area (Å²) in [6.45, 7) is 1.01. The van der Waals surface area contributed by atoms with Crippen molar-refractivity contribution in [2.45, 2.75) is 44.8 Å². The van der Waals surface area contributed by atoms with E-state index in [1.165, 1.54) is 5.57 Å². The molecule has 3 rings (SSSR count). The van der Waals surface area contributed by atoms with Crippen LogP contribution in [0.2, 0.25) is 5.02 Å². The molecule has 2 aromatic carbocycles. The Labute approximate surface area is 171 Å². The van der Waals surface area contributed by atoms with Crippen LogP contribution < -0.4 is 5.73 Å². The monoisotopic (exact) mass is 399 g/mol. The van der Waals surface area contributed by atoms with Gasteiger partial charge in [0.05, 0.1) is 13.2 Å². The van der Waals surface area contributed by atoms with Crippen LogP contribution in [0.15, 0.2) is 60.2 Å². The van der Waals surface area contributed by atoms with Crippen LogP contribution in [0.4, 0.5) is 4.79 Å². The minimum Gasteiger partial charge on any atom is -0.442 e. The first kappa shape index (κ1) is 20.4. The van der Waals surface area contributed by atoms with E-state index in [0.717, 1.165) is 47.4 Å². The summed E-state index contributed by atoms with van der Waals surface area (Å²) in [6, 6.07) is 17.8. The van der Waals surface area contributed by atoms with E-state index in [1.54, 1.807) is 0 Å². The molecule has 0 aromatic heterocycles. The van der Waals surface area contributed by atoms with Crippen molar-refractivity contribution >= 4 is 23.3 Å². The van der Waals surface area contributed by atoms with E-state index < -0.39 is 6.09 Å². The van der Waals surface area contributed by atoms with Gasteiger partial charge < -0.3 is 15.2 Å². The van der Waals surface area contributed by atoms with Crippen LogP contribution in [0.5, 0.6) is 0 Å². The van der Waals surface area contributed by atoms with E-state index in [0.29, 0.717) is 19.6 Å². The molecule has 0 aliphatic heterocycles. The molecule has 148 valence electrons. The Morgan fingerprint density at radius 3 is 2.50 bits per heavy atom. The molecule has 0 bridgehead atoms. The smallest absolute Gasteiger partial charge is 0.405 e. The van der Waals surface area contributed by atoms with E-state index >= 15 is 0 Å². The summed E-state index contributed by atoms with van der Waals surface area (Å²) in [5.41, 5.74) is 9.77. The molecule has 0 fully saturated rings. The molecule has 0 spiro atoms. The first-order chi connectivity index (χ1) is 13.6. The molecule has 0 radical (unpaired) electrons. The van der Waals surface area contributed by atoms with Crippen molar-refractivity contribution < 1.29 is 14.3 Å². The summed E-state index contributed by atoms with van der Waals surface area (Å²) in [4.78, 5) is 11.5. The topological polar surface area (TPSA) is 61.6 Å². The Balaban J connectivity index is 1.74. The Bertz CT molecular complexity index is 820. The molecule has 0 saturated heterocycles. The fourth-order valence-electron chi connectivity index (χ4n) is 3.70. The second-order valence-electron chi connectivity index (χ2n) is 6.94. The fraction of sp³-hybridized carbons (Fsp3) is 0.348. The molecule has 0 heterocycles. The molecule has 1 aliphatic carbocycles. The molecule has 2 N–H and O–H groups in total. The van der Waals surface area contributed by atoms with E-state index in [1.807, 2.05) is 54.6 Å². The van der Waals surface area contributed by atoms with Crippen LogP contribution in [0, 0.1) is 0 Å². The van der Waals surface area contributed by atoms with E-state index in [9.17, 15) is 4.79 Å². The molecule has 1 atom stereocenters.